The van der Waals surface area contributed by atoms with Gasteiger partial charge in [-0.1, -0.05) is 35.9 Å². The highest BCUT2D eigenvalue weighted by Gasteiger charge is 2.36. The Morgan fingerprint density at radius 3 is 2.07 bits per heavy atom. The first-order valence-corrected chi connectivity index (χ1v) is 13.0. The summed E-state index contributed by atoms with van der Waals surface area (Å²) in [5, 5.41) is 13.7. The number of urea groups is 1. The number of halogens is 1. The number of ether oxygens (including phenoxy) is 2. The Morgan fingerprint density at radius 1 is 0.810 bits per heavy atom. The Bertz CT molecular complexity index is 1690. The van der Waals surface area contributed by atoms with E-state index in [1.165, 1.54) is 18.2 Å². The number of benzene rings is 4. The Labute approximate surface area is 244 Å². The lowest BCUT2D eigenvalue weighted by molar-refractivity contribution is -0.384. The molecule has 0 unspecified atom stereocenters. The summed E-state index contributed by atoms with van der Waals surface area (Å²) < 4.78 is 11.5. The van der Waals surface area contributed by atoms with E-state index >= 15 is 0 Å². The van der Waals surface area contributed by atoms with Gasteiger partial charge < -0.3 is 9.47 Å². The van der Waals surface area contributed by atoms with E-state index in [0.29, 0.717) is 28.7 Å². The SMILES string of the molecule is O=C1NC(=O)N(c2ccc(OCc3ccc(Cl)cc3)cc2)C(=O)/C1=C\c1cccc(OCc2ccc([N+](=O)[O-])cc2)c1. The number of barbiturate groups is 1. The van der Waals surface area contributed by atoms with Crippen LogP contribution in [-0.2, 0) is 22.8 Å². The molecule has 1 heterocycles. The van der Waals surface area contributed by atoms with Gasteiger partial charge in [0.2, 0.25) is 0 Å². The summed E-state index contributed by atoms with van der Waals surface area (Å²) in [5.74, 6) is -0.624. The van der Waals surface area contributed by atoms with Crippen molar-refractivity contribution in [2.75, 3.05) is 4.90 Å². The number of carbonyl (C=O) groups excluding carboxylic acids is 3. The van der Waals surface area contributed by atoms with Crippen molar-refractivity contribution in [3.05, 3.63) is 134 Å². The third kappa shape index (κ3) is 6.62. The summed E-state index contributed by atoms with van der Waals surface area (Å²) in [4.78, 5) is 49.8. The highest BCUT2D eigenvalue weighted by Crippen LogP contribution is 2.26. The zero-order chi connectivity index (χ0) is 29.6. The van der Waals surface area contributed by atoms with Crippen molar-refractivity contribution in [2.45, 2.75) is 13.2 Å². The topological polar surface area (TPSA) is 128 Å². The van der Waals surface area contributed by atoms with E-state index in [1.54, 1.807) is 72.8 Å². The van der Waals surface area contributed by atoms with Crippen molar-refractivity contribution < 1.29 is 28.8 Å². The number of hydrogen-bond acceptors (Lipinski definition) is 7. The first-order chi connectivity index (χ1) is 20.3. The normalized spacial score (nSPS) is 14.1. The lowest BCUT2D eigenvalue weighted by atomic mass is 10.1. The minimum atomic E-state index is -0.864. The molecule has 0 aromatic heterocycles. The number of anilines is 1. The smallest absolute Gasteiger partial charge is 0.335 e. The van der Waals surface area contributed by atoms with E-state index in [1.807, 2.05) is 12.1 Å². The molecule has 4 aromatic carbocycles. The van der Waals surface area contributed by atoms with Crippen molar-refractivity contribution in [3.8, 4) is 11.5 Å². The minimum Gasteiger partial charge on any atom is -0.489 e. The van der Waals surface area contributed by atoms with E-state index in [2.05, 4.69) is 5.32 Å². The zero-order valence-electron chi connectivity index (χ0n) is 21.9. The molecule has 1 fully saturated rings. The summed E-state index contributed by atoms with van der Waals surface area (Å²) in [5.41, 5.74) is 2.15. The van der Waals surface area contributed by atoms with Crippen LogP contribution in [0, 0.1) is 10.1 Å². The van der Waals surface area contributed by atoms with Crippen LogP contribution in [0.4, 0.5) is 16.2 Å². The number of nitrogens with one attached hydrogen (secondary N) is 1. The number of amides is 4. The molecular formula is C31H22ClN3O7. The molecule has 4 amide bonds. The van der Waals surface area contributed by atoms with Gasteiger partial charge in [0.05, 0.1) is 10.6 Å². The number of nitrogens with zero attached hydrogens (tertiary/aromatic N) is 2. The first kappa shape index (κ1) is 28.1. The molecule has 10 nitrogen and oxygen atoms in total. The van der Waals surface area contributed by atoms with Crippen LogP contribution in [0.3, 0.4) is 0 Å². The molecule has 42 heavy (non-hydrogen) atoms. The fraction of sp³-hybridized carbons (Fsp3) is 0.0645. The Morgan fingerprint density at radius 2 is 1.43 bits per heavy atom. The van der Waals surface area contributed by atoms with Gasteiger partial charge in [0.1, 0.15) is 30.3 Å². The summed E-state index contributed by atoms with van der Waals surface area (Å²) in [7, 11) is 0. The number of nitro benzene ring substituents is 1. The number of carbonyl (C=O) groups is 3. The number of imide groups is 2. The number of rotatable bonds is 9. The molecular weight excluding hydrogens is 562 g/mol. The van der Waals surface area contributed by atoms with Crippen LogP contribution in [0.1, 0.15) is 16.7 Å². The molecule has 0 atom stereocenters. The minimum absolute atomic E-state index is 0.0197. The van der Waals surface area contributed by atoms with Crippen molar-refractivity contribution in [1.82, 2.24) is 5.32 Å². The van der Waals surface area contributed by atoms with Gasteiger partial charge in [-0.2, -0.15) is 0 Å². The largest absolute Gasteiger partial charge is 0.489 e. The standard InChI is InChI=1S/C31H22ClN3O7/c32-23-8-4-20(5-9-23)18-41-26-14-12-24(13-15-26)34-30(37)28(29(36)33-31(34)38)17-22-2-1-3-27(16-22)42-19-21-6-10-25(11-7-21)35(39)40/h1-17H,18-19H2,(H,33,36,38)/b28-17-. The average molecular weight is 584 g/mol. The van der Waals surface area contributed by atoms with Crippen LogP contribution in [-0.4, -0.2) is 22.8 Å². The average Bonchev–Trinajstić information content (AvgIpc) is 2.99. The second-order valence-corrected chi connectivity index (χ2v) is 9.59. The quantitative estimate of drug-likeness (QED) is 0.110. The van der Waals surface area contributed by atoms with E-state index in [-0.39, 0.29) is 23.6 Å². The first-order valence-electron chi connectivity index (χ1n) is 12.6. The number of hydrogen-bond donors (Lipinski definition) is 1. The third-order valence-corrected chi connectivity index (χ3v) is 6.49. The van der Waals surface area contributed by atoms with Crippen LogP contribution >= 0.6 is 11.6 Å². The zero-order valence-corrected chi connectivity index (χ0v) is 22.6. The maximum absolute atomic E-state index is 13.3. The summed E-state index contributed by atoms with van der Waals surface area (Å²) in [6, 6.07) is 25.4. The van der Waals surface area contributed by atoms with Crippen LogP contribution in [0.15, 0.2) is 103 Å². The van der Waals surface area contributed by atoms with Gasteiger partial charge in [0.15, 0.2) is 0 Å². The molecule has 1 aliphatic rings. The van der Waals surface area contributed by atoms with Crippen molar-refractivity contribution >= 4 is 46.9 Å². The van der Waals surface area contributed by atoms with Gasteiger partial charge in [0.25, 0.3) is 17.5 Å². The maximum Gasteiger partial charge on any atom is 0.335 e. The molecule has 1 aliphatic heterocycles. The number of non-ortho nitro benzene ring substituents is 1. The van der Waals surface area contributed by atoms with E-state index in [0.717, 1.165) is 16.0 Å². The number of nitro groups is 1. The second-order valence-electron chi connectivity index (χ2n) is 9.15. The molecule has 210 valence electrons. The summed E-state index contributed by atoms with van der Waals surface area (Å²) in [6.45, 7) is 0.455. The van der Waals surface area contributed by atoms with Gasteiger partial charge in [-0.05, 0) is 83.4 Å². The summed E-state index contributed by atoms with van der Waals surface area (Å²) in [6.07, 6.45) is 1.37. The highest BCUT2D eigenvalue weighted by atomic mass is 35.5. The highest BCUT2D eigenvalue weighted by molar-refractivity contribution is 6.39. The van der Waals surface area contributed by atoms with Crippen LogP contribution in [0.25, 0.3) is 6.08 Å². The van der Waals surface area contributed by atoms with Gasteiger partial charge >= 0.3 is 6.03 Å². The van der Waals surface area contributed by atoms with E-state index in [4.69, 9.17) is 21.1 Å². The van der Waals surface area contributed by atoms with E-state index in [9.17, 15) is 24.5 Å². The summed E-state index contributed by atoms with van der Waals surface area (Å²) >= 11 is 5.91. The van der Waals surface area contributed by atoms with Gasteiger partial charge in [-0.15, -0.1) is 0 Å². The molecule has 0 bridgehead atoms. The predicted octanol–water partition coefficient (Wildman–Crippen LogP) is 6.07. The Balaban J connectivity index is 1.27. The van der Waals surface area contributed by atoms with Crippen molar-refractivity contribution in [2.24, 2.45) is 0 Å². The monoisotopic (exact) mass is 583 g/mol. The van der Waals surface area contributed by atoms with Crippen LogP contribution in [0.2, 0.25) is 5.02 Å². The molecule has 0 aliphatic carbocycles. The molecule has 4 aromatic rings. The van der Waals surface area contributed by atoms with Gasteiger partial charge in [-0.25, -0.2) is 9.69 Å². The fourth-order valence-electron chi connectivity index (χ4n) is 4.07. The lowest BCUT2D eigenvalue weighted by Crippen LogP contribution is -2.54. The molecule has 0 saturated carbocycles. The van der Waals surface area contributed by atoms with Crippen molar-refractivity contribution in [3.63, 3.8) is 0 Å². The predicted molar refractivity (Wildman–Crippen MR) is 155 cm³/mol. The Hall–Kier alpha value is -5.48. The second kappa shape index (κ2) is 12.4. The molecule has 1 N–H and O–H groups in total. The van der Waals surface area contributed by atoms with Crippen LogP contribution < -0.4 is 19.7 Å². The molecule has 5 rings (SSSR count). The maximum atomic E-state index is 13.3. The molecule has 1 saturated heterocycles. The third-order valence-electron chi connectivity index (χ3n) is 6.24. The van der Waals surface area contributed by atoms with Gasteiger partial charge in [-0.3, -0.25) is 25.0 Å². The van der Waals surface area contributed by atoms with Crippen molar-refractivity contribution in [1.29, 1.82) is 0 Å². The molecule has 0 radical (unpaired) electrons. The Kier molecular flexibility index (Phi) is 8.26. The molecule has 11 heteroatoms. The molecule has 0 spiro atoms. The lowest BCUT2D eigenvalue weighted by Gasteiger charge is -2.26. The fourth-order valence-corrected chi connectivity index (χ4v) is 4.20. The van der Waals surface area contributed by atoms with E-state index < -0.39 is 22.8 Å². The van der Waals surface area contributed by atoms with Crippen LogP contribution in [0.5, 0.6) is 11.5 Å². The van der Waals surface area contributed by atoms with Gasteiger partial charge in [0, 0.05) is 17.2 Å².